The molecule has 1 atom stereocenters. The number of carbonyl (C=O) groups excluding carboxylic acids is 1. The zero-order valence-corrected chi connectivity index (χ0v) is 20.4. The third-order valence-corrected chi connectivity index (χ3v) is 6.76. The highest BCUT2D eigenvalue weighted by molar-refractivity contribution is 7.98. The van der Waals surface area contributed by atoms with Gasteiger partial charge in [-0.25, -0.2) is 9.78 Å². The van der Waals surface area contributed by atoms with Crippen LogP contribution in [0.15, 0.2) is 101 Å². The number of hydrogen-bond acceptors (Lipinski definition) is 7. The van der Waals surface area contributed by atoms with Crippen molar-refractivity contribution in [2.75, 3.05) is 11.9 Å². The molecule has 2 aromatic heterocycles. The van der Waals surface area contributed by atoms with E-state index in [1.165, 1.54) is 11.8 Å². The molecule has 0 aliphatic carbocycles. The fraction of sp³-hybridized carbons (Fsp3) is 0.143. The maximum absolute atomic E-state index is 13.5. The molecular weight excluding hydrogens is 472 g/mol. The van der Waals surface area contributed by atoms with Crippen LogP contribution in [0.3, 0.4) is 0 Å². The van der Waals surface area contributed by atoms with Crippen molar-refractivity contribution in [1.82, 2.24) is 15.0 Å². The molecule has 0 radical (unpaired) electrons. The number of nitrogens with one attached hydrogen (secondary N) is 2. The Bertz CT molecular complexity index is 1450. The van der Waals surface area contributed by atoms with Crippen LogP contribution < -0.4 is 10.9 Å². The van der Waals surface area contributed by atoms with Gasteiger partial charge in [0.1, 0.15) is 5.82 Å². The highest BCUT2D eigenvalue weighted by atomic mass is 32.2. The van der Waals surface area contributed by atoms with Crippen molar-refractivity contribution in [2.45, 2.75) is 23.8 Å². The maximum Gasteiger partial charge on any atom is 0.337 e. The van der Waals surface area contributed by atoms with Crippen LogP contribution in [0.5, 0.6) is 0 Å². The van der Waals surface area contributed by atoms with Crippen LogP contribution in [0.1, 0.15) is 35.1 Å². The molecule has 8 heteroatoms. The summed E-state index contributed by atoms with van der Waals surface area (Å²) in [4.78, 5) is 38.8. The van der Waals surface area contributed by atoms with Gasteiger partial charge in [0, 0.05) is 18.1 Å². The van der Waals surface area contributed by atoms with E-state index in [4.69, 9.17) is 9.72 Å². The van der Waals surface area contributed by atoms with E-state index < -0.39 is 11.9 Å². The number of aromatic nitrogens is 3. The first-order valence-corrected chi connectivity index (χ1v) is 12.6. The number of aromatic amines is 1. The molecule has 0 saturated heterocycles. The highest BCUT2D eigenvalue weighted by Crippen LogP contribution is 2.42. The smallest absolute Gasteiger partial charge is 0.337 e. The molecule has 0 saturated carbocycles. The lowest BCUT2D eigenvalue weighted by atomic mass is 9.81. The van der Waals surface area contributed by atoms with Crippen molar-refractivity contribution < 1.29 is 9.53 Å². The quantitative estimate of drug-likeness (QED) is 0.211. The summed E-state index contributed by atoms with van der Waals surface area (Å²) in [5.74, 6) is -0.127. The van der Waals surface area contributed by atoms with Crippen molar-refractivity contribution in [3.63, 3.8) is 0 Å². The predicted molar refractivity (Wildman–Crippen MR) is 141 cm³/mol. The molecule has 0 fully saturated rings. The van der Waals surface area contributed by atoms with E-state index in [1.54, 1.807) is 25.4 Å². The standard InChI is InChI=1S/C28H24N4O3S/c1-2-35-27(34)22-21(20-14-9-15-29-16-20)23-25(30-24(22)19-12-7-4-8-13-19)31-28(32-26(23)33)36-17-18-10-5-3-6-11-18/h3-16,21H,2,17H2,1H3,(H2,30,31,32,33). The van der Waals surface area contributed by atoms with Crippen LogP contribution in [0, 0.1) is 0 Å². The zero-order valence-electron chi connectivity index (χ0n) is 19.6. The van der Waals surface area contributed by atoms with Gasteiger partial charge in [-0.2, -0.15) is 0 Å². The minimum absolute atomic E-state index is 0.209. The summed E-state index contributed by atoms with van der Waals surface area (Å²) in [5.41, 5.74) is 3.57. The number of pyridine rings is 1. The predicted octanol–water partition coefficient (Wildman–Crippen LogP) is 4.99. The molecule has 2 aromatic carbocycles. The summed E-state index contributed by atoms with van der Waals surface area (Å²) in [6, 6.07) is 23.1. The van der Waals surface area contributed by atoms with Gasteiger partial charge in [-0.3, -0.25) is 9.78 Å². The number of anilines is 1. The fourth-order valence-corrected chi connectivity index (χ4v) is 5.05. The van der Waals surface area contributed by atoms with Crippen LogP contribution in [0.25, 0.3) is 5.70 Å². The van der Waals surface area contributed by atoms with Gasteiger partial charge in [0.25, 0.3) is 5.56 Å². The number of H-pyrrole nitrogens is 1. The van der Waals surface area contributed by atoms with Crippen LogP contribution in [0.4, 0.5) is 5.82 Å². The van der Waals surface area contributed by atoms with E-state index in [-0.39, 0.29) is 12.2 Å². The van der Waals surface area contributed by atoms with E-state index >= 15 is 0 Å². The summed E-state index contributed by atoms with van der Waals surface area (Å²) >= 11 is 1.44. The van der Waals surface area contributed by atoms with Crippen molar-refractivity contribution >= 4 is 29.2 Å². The lowest BCUT2D eigenvalue weighted by molar-refractivity contribution is -0.138. The van der Waals surface area contributed by atoms with Gasteiger partial charge in [-0.15, -0.1) is 0 Å². The van der Waals surface area contributed by atoms with Gasteiger partial charge < -0.3 is 15.0 Å². The molecule has 1 aliphatic rings. The molecule has 0 spiro atoms. The third kappa shape index (κ3) is 4.81. The highest BCUT2D eigenvalue weighted by Gasteiger charge is 2.38. The molecule has 7 nitrogen and oxygen atoms in total. The molecule has 36 heavy (non-hydrogen) atoms. The molecule has 1 aliphatic heterocycles. The Morgan fingerprint density at radius 3 is 2.47 bits per heavy atom. The molecular formula is C28H24N4O3S. The van der Waals surface area contributed by atoms with Crippen LogP contribution in [0.2, 0.25) is 0 Å². The second kappa shape index (κ2) is 10.6. The van der Waals surface area contributed by atoms with Gasteiger partial charge in [-0.1, -0.05) is 78.5 Å². The topological polar surface area (TPSA) is 97.0 Å². The third-order valence-electron chi connectivity index (χ3n) is 5.82. The summed E-state index contributed by atoms with van der Waals surface area (Å²) in [6.07, 6.45) is 3.32. The van der Waals surface area contributed by atoms with E-state index in [0.717, 1.165) is 11.1 Å². The Hall–Kier alpha value is -4.17. The first-order valence-electron chi connectivity index (χ1n) is 11.6. The summed E-state index contributed by atoms with van der Waals surface area (Å²) in [7, 11) is 0. The Morgan fingerprint density at radius 2 is 1.78 bits per heavy atom. The number of fused-ring (bicyclic) bond motifs is 1. The van der Waals surface area contributed by atoms with Crippen LogP contribution in [-0.2, 0) is 15.3 Å². The zero-order chi connectivity index (χ0) is 24.9. The first kappa shape index (κ1) is 23.6. The Kier molecular flexibility index (Phi) is 6.95. The maximum atomic E-state index is 13.5. The fourth-order valence-electron chi connectivity index (χ4n) is 4.23. The summed E-state index contributed by atoms with van der Waals surface area (Å²) in [5, 5.41) is 3.79. The number of carbonyl (C=O) groups is 1. The minimum atomic E-state index is -0.700. The van der Waals surface area contributed by atoms with Gasteiger partial charge in [0.2, 0.25) is 0 Å². The van der Waals surface area contributed by atoms with Crippen molar-refractivity contribution in [3.8, 4) is 0 Å². The Labute approximate surface area is 212 Å². The number of hydrogen-bond donors (Lipinski definition) is 2. The van der Waals surface area contributed by atoms with Gasteiger partial charge in [0.15, 0.2) is 5.16 Å². The second-order valence-corrected chi connectivity index (χ2v) is 9.09. The molecule has 3 heterocycles. The van der Waals surface area contributed by atoms with E-state index in [0.29, 0.717) is 39.1 Å². The number of ether oxygens (including phenoxy) is 1. The average Bonchev–Trinajstić information content (AvgIpc) is 2.92. The van der Waals surface area contributed by atoms with E-state index in [1.807, 2.05) is 66.7 Å². The average molecular weight is 497 g/mol. The number of nitrogens with zero attached hydrogens (tertiary/aromatic N) is 2. The molecule has 5 rings (SSSR count). The largest absolute Gasteiger partial charge is 0.463 e. The van der Waals surface area contributed by atoms with Crippen LogP contribution in [-0.4, -0.2) is 27.5 Å². The van der Waals surface area contributed by atoms with Gasteiger partial charge >= 0.3 is 5.97 Å². The lowest BCUT2D eigenvalue weighted by Crippen LogP contribution is -2.31. The van der Waals surface area contributed by atoms with Crippen molar-refractivity contribution in [3.05, 3.63) is 123 Å². The number of esters is 1. The van der Waals surface area contributed by atoms with Gasteiger partial charge in [-0.05, 0) is 29.7 Å². The Balaban J connectivity index is 1.66. The van der Waals surface area contributed by atoms with Crippen molar-refractivity contribution in [1.29, 1.82) is 0 Å². The van der Waals surface area contributed by atoms with Crippen molar-refractivity contribution in [2.24, 2.45) is 0 Å². The van der Waals surface area contributed by atoms with Crippen LogP contribution >= 0.6 is 11.8 Å². The van der Waals surface area contributed by atoms with E-state index in [9.17, 15) is 9.59 Å². The number of rotatable bonds is 7. The monoisotopic (exact) mass is 496 g/mol. The molecule has 0 bridgehead atoms. The summed E-state index contributed by atoms with van der Waals surface area (Å²) in [6.45, 7) is 1.97. The molecule has 1 unspecified atom stereocenters. The van der Waals surface area contributed by atoms with Gasteiger partial charge in [0.05, 0.1) is 29.4 Å². The molecule has 0 amide bonds. The molecule has 4 aromatic rings. The molecule has 180 valence electrons. The minimum Gasteiger partial charge on any atom is -0.463 e. The number of thioether (sulfide) groups is 1. The second-order valence-electron chi connectivity index (χ2n) is 8.13. The normalized spacial score (nSPS) is 14.6. The molecule has 2 N–H and O–H groups in total. The SMILES string of the molecule is CCOC(=O)C1=C(c2ccccc2)Nc2nc(SCc3ccccc3)[nH]c(=O)c2C1c1cccnc1. The lowest BCUT2D eigenvalue weighted by Gasteiger charge is -2.30. The summed E-state index contributed by atoms with van der Waals surface area (Å²) < 4.78 is 5.46. The van der Waals surface area contributed by atoms with E-state index in [2.05, 4.69) is 15.3 Å². The first-order chi connectivity index (χ1) is 17.7. The number of benzene rings is 2. The Morgan fingerprint density at radius 1 is 1.03 bits per heavy atom.